The Morgan fingerprint density at radius 3 is 2.63 bits per heavy atom. The number of nitrogens with zero attached hydrogens (tertiary/aromatic N) is 1. The van der Waals surface area contributed by atoms with E-state index in [1.54, 1.807) is 24.3 Å². The van der Waals surface area contributed by atoms with Crippen LogP contribution in [0.15, 0.2) is 36.4 Å². The van der Waals surface area contributed by atoms with E-state index in [2.05, 4.69) is 11.4 Å². The molecule has 0 amide bonds. The van der Waals surface area contributed by atoms with Gasteiger partial charge in [0.25, 0.3) is 0 Å². The third-order valence-corrected chi connectivity index (χ3v) is 2.86. The summed E-state index contributed by atoms with van der Waals surface area (Å²) in [5.41, 5.74) is 1.62. The molecule has 0 aromatic heterocycles. The summed E-state index contributed by atoms with van der Waals surface area (Å²) in [7, 11) is 0. The van der Waals surface area contributed by atoms with Crippen LogP contribution in [0, 0.1) is 29.9 Å². The van der Waals surface area contributed by atoms with Gasteiger partial charge in [0.05, 0.1) is 17.3 Å². The van der Waals surface area contributed by atoms with Crippen LogP contribution in [-0.4, -0.2) is 0 Å². The lowest BCUT2D eigenvalue weighted by molar-refractivity contribution is 0.594. The summed E-state index contributed by atoms with van der Waals surface area (Å²) >= 11 is 0. The van der Waals surface area contributed by atoms with Crippen LogP contribution in [0.5, 0.6) is 0 Å². The van der Waals surface area contributed by atoms with Crippen LogP contribution in [0.1, 0.15) is 16.7 Å². The van der Waals surface area contributed by atoms with Gasteiger partial charge < -0.3 is 5.32 Å². The second-order valence-electron chi connectivity index (χ2n) is 4.20. The van der Waals surface area contributed by atoms with Crippen LogP contribution in [0.4, 0.5) is 14.5 Å². The van der Waals surface area contributed by atoms with Crippen molar-refractivity contribution in [3.8, 4) is 6.07 Å². The molecule has 0 aliphatic heterocycles. The normalized spacial score (nSPS) is 10.0. The number of hydrogen-bond donors (Lipinski definition) is 1. The van der Waals surface area contributed by atoms with E-state index in [0.717, 1.165) is 17.7 Å². The second kappa shape index (κ2) is 5.49. The lowest BCUT2D eigenvalue weighted by atomic mass is 10.1. The number of anilines is 1. The number of benzene rings is 2. The van der Waals surface area contributed by atoms with Gasteiger partial charge in [0.1, 0.15) is 11.6 Å². The topological polar surface area (TPSA) is 35.8 Å². The highest BCUT2D eigenvalue weighted by atomic mass is 19.1. The molecule has 19 heavy (non-hydrogen) atoms. The fraction of sp³-hybridized carbons (Fsp3) is 0.133. The summed E-state index contributed by atoms with van der Waals surface area (Å²) in [4.78, 5) is 0. The number of nitriles is 1. The number of aryl methyl sites for hydroxylation is 1. The van der Waals surface area contributed by atoms with Crippen LogP contribution in [-0.2, 0) is 6.54 Å². The lowest BCUT2D eigenvalue weighted by Gasteiger charge is -2.10. The van der Waals surface area contributed by atoms with Crippen molar-refractivity contribution in [3.63, 3.8) is 0 Å². The maximum atomic E-state index is 13.6. The molecular weight excluding hydrogens is 246 g/mol. The molecule has 96 valence electrons. The Morgan fingerprint density at radius 1 is 1.16 bits per heavy atom. The molecule has 0 bridgehead atoms. The van der Waals surface area contributed by atoms with Crippen LogP contribution in [0.25, 0.3) is 0 Å². The molecule has 0 aliphatic carbocycles. The quantitative estimate of drug-likeness (QED) is 0.909. The third kappa shape index (κ3) is 2.89. The zero-order chi connectivity index (χ0) is 13.8. The summed E-state index contributed by atoms with van der Waals surface area (Å²) < 4.78 is 27.0. The number of rotatable bonds is 3. The van der Waals surface area contributed by atoms with E-state index in [9.17, 15) is 8.78 Å². The first-order chi connectivity index (χ1) is 9.11. The molecular formula is C15H12F2N2. The first-order valence-electron chi connectivity index (χ1n) is 5.79. The van der Waals surface area contributed by atoms with Crippen molar-refractivity contribution in [2.24, 2.45) is 0 Å². The highest BCUT2D eigenvalue weighted by Crippen LogP contribution is 2.20. The molecule has 0 fully saturated rings. The van der Waals surface area contributed by atoms with Gasteiger partial charge in [-0.15, -0.1) is 0 Å². The Morgan fingerprint density at radius 2 is 1.89 bits per heavy atom. The molecule has 0 saturated heterocycles. The highest BCUT2D eigenvalue weighted by Gasteiger charge is 2.08. The van der Waals surface area contributed by atoms with E-state index in [0.29, 0.717) is 5.56 Å². The van der Waals surface area contributed by atoms with Crippen molar-refractivity contribution < 1.29 is 8.78 Å². The van der Waals surface area contributed by atoms with Gasteiger partial charge in [-0.05, 0) is 30.2 Å². The second-order valence-corrected chi connectivity index (χ2v) is 4.20. The summed E-state index contributed by atoms with van der Waals surface area (Å²) in [5.74, 6) is -0.967. The maximum absolute atomic E-state index is 13.6. The van der Waals surface area contributed by atoms with Crippen molar-refractivity contribution in [2.45, 2.75) is 13.5 Å². The molecule has 0 atom stereocenters. The highest BCUT2D eigenvalue weighted by molar-refractivity contribution is 5.48. The molecule has 4 heteroatoms. The minimum Gasteiger partial charge on any atom is -0.378 e. The molecule has 0 unspecified atom stereocenters. The average molecular weight is 258 g/mol. The first kappa shape index (κ1) is 13.0. The fourth-order valence-corrected chi connectivity index (χ4v) is 1.76. The van der Waals surface area contributed by atoms with E-state index in [-0.39, 0.29) is 17.8 Å². The number of halogens is 2. The molecule has 0 saturated carbocycles. The van der Waals surface area contributed by atoms with Crippen LogP contribution < -0.4 is 5.32 Å². The van der Waals surface area contributed by atoms with Gasteiger partial charge in [0.2, 0.25) is 0 Å². The molecule has 2 aromatic carbocycles. The smallest absolute Gasteiger partial charge is 0.146 e. The van der Waals surface area contributed by atoms with Crippen LogP contribution in [0.3, 0.4) is 0 Å². The maximum Gasteiger partial charge on any atom is 0.146 e. The number of nitrogens with one attached hydrogen (secondary N) is 1. The predicted octanol–water partition coefficient (Wildman–Crippen LogP) is 3.76. The van der Waals surface area contributed by atoms with Crippen molar-refractivity contribution in [1.82, 2.24) is 0 Å². The molecule has 0 heterocycles. The third-order valence-electron chi connectivity index (χ3n) is 2.86. The van der Waals surface area contributed by atoms with Gasteiger partial charge in [0.15, 0.2) is 0 Å². The monoisotopic (exact) mass is 258 g/mol. The van der Waals surface area contributed by atoms with Gasteiger partial charge in [-0.2, -0.15) is 5.26 Å². The van der Waals surface area contributed by atoms with Gasteiger partial charge >= 0.3 is 0 Å². The van der Waals surface area contributed by atoms with Crippen molar-refractivity contribution in [3.05, 3.63) is 64.7 Å². The summed E-state index contributed by atoms with van der Waals surface area (Å²) in [5, 5.41) is 11.7. The van der Waals surface area contributed by atoms with Crippen LogP contribution in [0.2, 0.25) is 0 Å². The van der Waals surface area contributed by atoms with E-state index >= 15 is 0 Å². The molecule has 2 aromatic rings. The molecule has 0 aliphatic rings. The van der Waals surface area contributed by atoms with Gasteiger partial charge in [-0.1, -0.05) is 18.2 Å². The zero-order valence-corrected chi connectivity index (χ0v) is 10.4. The molecule has 1 N–H and O–H groups in total. The van der Waals surface area contributed by atoms with E-state index in [4.69, 9.17) is 5.26 Å². The summed E-state index contributed by atoms with van der Waals surface area (Å²) in [6.07, 6.45) is 0. The van der Waals surface area contributed by atoms with Crippen molar-refractivity contribution >= 4 is 5.69 Å². The SMILES string of the molecule is Cc1cc(F)c(NCc2ccccc2C#N)cc1F. The largest absolute Gasteiger partial charge is 0.378 e. The Balaban J connectivity index is 2.20. The fourth-order valence-electron chi connectivity index (χ4n) is 1.76. The molecule has 0 spiro atoms. The Hall–Kier alpha value is -2.41. The summed E-state index contributed by atoms with van der Waals surface area (Å²) in [6, 6.07) is 11.3. The zero-order valence-electron chi connectivity index (χ0n) is 10.4. The Kier molecular flexibility index (Phi) is 3.76. The van der Waals surface area contributed by atoms with E-state index in [1.165, 1.54) is 6.92 Å². The van der Waals surface area contributed by atoms with Gasteiger partial charge in [0, 0.05) is 12.6 Å². The molecule has 2 nitrogen and oxygen atoms in total. The van der Waals surface area contributed by atoms with E-state index in [1.807, 2.05) is 0 Å². The summed E-state index contributed by atoms with van der Waals surface area (Å²) in [6.45, 7) is 1.77. The van der Waals surface area contributed by atoms with Crippen LogP contribution >= 0.6 is 0 Å². The molecule has 2 rings (SSSR count). The Bertz CT molecular complexity index is 645. The standard InChI is InChI=1S/C15H12F2N2/c1-10-6-14(17)15(7-13(10)16)19-9-12-5-3-2-4-11(12)8-18/h2-7,19H,9H2,1H3. The van der Waals surface area contributed by atoms with E-state index < -0.39 is 11.6 Å². The lowest BCUT2D eigenvalue weighted by Crippen LogP contribution is -2.04. The van der Waals surface area contributed by atoms with Gasteiger partial charge in [-0.25, -0.2) is 8.78 Å². The Labute approximate surface area is 110 Å². The first-order valence-corrected chi connectivity index (χ1v) is 5.79. The number of hydrogen-bond acceptors (Lipinski definition) is 2. The molecule has 0 radical (unpaired) electrons. The van der Waals surface area contributed by atoms with Gasteiger partial charge in [-0.3, -0.25) is 0 Å². The minimum absolute atomic E-state index is 0.0934. The average Bonchev–Trinajstić information content (AvgIpc) is 2.41. The minimum atomic E-state index is -0.506. The predicted molar refractivity (Wildman–Crippen MR) is 69.6 cm³/mol. The van der Waals surface area contributed by atoms with Crippen molar-refractivity contribution in [1.29, 1.82) is 5.26 Å². The van der Waals surface area contributed by atoms with Crippen molar-refractivity contribution in [2.75, 3.05) is 5.32 Å².